The molecular weight excluding hydrogens is 486 g/mol. The number of esters is 1. The zero-order valence-corrected chi connectivity index (χ0v) is 22.6. The highest BCUT2D eigenvalue weighted by Crippen LogP contribution is 2.40. The van der Waals surface area contributed by atoms with Crippen molar-refractivity contribution in [2.75, 3.05) is 18.0 Å². The summed E-state index contributed by atoms with van der Waals surface area (Å²) < 4.78 is 5.52. The van der Waals surface area contributed by atoms with Crippen molar-refractivity contribution in [2.24, 2.45) is 11.7 Å². The van der Waals surface area contributed by atoms with Gasteiger partial charge in [0.15, 0.2) is 0 Å². The Kier molecular flexibility index (Phi) is 9.68. The summed E-state index contributed by atoms with van der Waals surface area (Å²) in [6.07, 6.45) is 1.47. The molecule has 37 heavy (non-hydrogen) atoms. The minimum absolute atomic E-state index is 0.0129. The molecule has 2 N–H and O–H groups in total. The van der Waals surface area contributed by atoms with Crippen LogP contribution >= 0.6 is 11.8 Å². The molecule has 0 spiro atoms. The molecule has 8 nitrogen and oxygen atoms in total. The third-order valence-electron chi connectivity index (χ3n) is 6.38. The predicted octanol–water partition coefficient (Wildman–Crippen LogP) is 4.60. The Labute approximate surface area is 223 Å². The number of nitrogens with two attached hydrogens (primary N) is 1. The highest BCUT2D eigenvalue weighted by molar-refractivity contribution is 7.98. The van der Waals surface area contributed by atoms with E-state index in [2.05, 4.69) is 10.9 Å². The Balaban J connectivity index is 1.77. The number of nitrogens with zero attached hydrogens (tertiary/aromatic N) is 4. The van der Waals surface area contributed by atoms with Crippen LogP contribution in [-0.4, -0.2) is 42.0 Å². The number of thioether (sulfide) groups is 1. The second kappa shape index (κ2) is 12.7. The molecule has 1 fully saturated rings. The summed E-state index contributed by atoms with van der Waals surface area (Å²) >= 11 is 1.46. The third kappa shape index (κ3) is 6.88. The first-order valence-electron chi connectivity index (χ1n) is 12.4. The first-order valence-corrected chi connectivity index (χ1v) is 13.4. The van der Waals surface area contributed by atoms with Gasteiger partial charge in [-0.3, -0.25) is 4.79 Å². The van der Waals surface area contributed by atoms with Crippen LogP contribution in [0.4, 0.5) is 11.5 Å². The van der Waals surface area contributed by atoms with E-state index >= 15 is 0 Å². The number of anilines is 1. The van der Waals surface area contributed by atoms with Gasteiger partial charge in [0.2, 0.25) is 5.69 Å². The minimum Gasteiger partial charge on any atom is -0.457 e. The van der Waals surface area contributed by atoms with Crippen LogP contribution in [0.15, 0.2) is 29.3 Å². The number of ketones is 1. The second-order valence-corrected chi connectivity index (χ2v) is 10.5. The van der Waals surface area contributed by atoms with Gasteiger partial charge < -0.3 is 20.2 Å². The van der Waals surface area contributed by atoms with E-state index in [9.17, 15) is 14.9 Å². The molecule has 0 unspecified atom stereocenters. The van der Waals surface area contributed by atoms with Crippen LogP contribution in [0.3, 0.4) is 0 Å². The summed E-state index contributed by atoms with van der Waals surface area (Å²) in [4.78, 5) is 33.8. The van der Waals surface area contributed by atoms with Crippen LogP contribution in [0.5, 0.6) is 0 Å². The summed E-state index contributed by atoms with van der Waals surface area (Å²) in [6.45, 7) is 15.9. The summed E-state index contributed by atoms with van der Waals surface area (Å²) in [6, 6.07) is 9.70. The van der Waals surface area contributed by atoms with E-state index in [1.807, 2.05) is 49.9 Å². The van der Waals surface area contributed by atoms with Crippen molar-refractivity contribution in [3.63, 3.8) is 0 Å². The first-order chi connectivity index (χ1) is 17.7. The van der Waals surface area contributed by atoms with Crippen molar-refractivity contribution in [2.45, 2.75) is 69.9 Å². The van der Waals surface area contributed by atoms with Crippen LogP contribution in [0.2, 0.25) is 0 Å². The van der Waals surface area contributed by atoms with Gasteiger partial charge in [0.1, 0.15) is 34.8 Å². The number of aryl methyl sites for hydroxylation is 1. The number of hydrogen-bond donors (Lipinski definition) is 1. The normalized spacial score (nSPS) is 14.0. The van der Waals surface area contributed by atoms with Crippen LogP contribution in [0.1, 0.15) is 56.4 Å². The van der Waals surface area contributed by atoms with Gasteiger partial charge in [-0.1, -0.05) is 45.0 Å². The van der Waals surface area contributed by atoms with E-state index in [0.29, 0.717) is 59.3 Å². The number of nitriles is 1. The van der Waals surface area contributed by atoms with E-state index in [1.165, 1.54) is 11.8 Å². The highest BCUT2D eigenvalue weighted by Gasteiger charge is 2.35. The fraction of sp³-hybridized carbons (Fsp3) is 0.464. The number of hydrogen-bond acceptors (Lipinski definition) is 8. The minimum atomic E-state index is -0.668. The fourth-order valence-electron chi connectivity index (χ4n) is 3.96. The zero-order valence-electron chi connectivity index (χ0n) is 21.8. The van der Waals surface area contributed by atoms with Gasteiger partial charge in [0.25, 0.3) is 0 Å². The lowest BCUT2D eigenvalue weighted by Gasteiger charge is -2.40. The number of carbonyl (C=O) groups excluding carboxylic acids is 2. The van der Waals surface area contributed by atoms with E-state index in [-0.39, 0.29) is 17.8 Å². The monoisotopic (exact) mass is 519 g/mol. The number of benzene rings is 1. The summed E-state index contributed by atoms with van der Waals surface area (Å²) in [5, 5.41) is 10.5. The molecule has 1 aliphatic heterocycles. The molecule has 0 bridgehead atoms. The summed E-state index contributed by atoms with van der Waals surface area (Å²) in [7, 11) is 0. The molecule has 0 amide bonds. The second-order valence-electron chi connectivity index (χ2n) is 9.56. The van der Waals surface area contributed by atoms with Gasteiger partial charge in [0.05, 0.1) is 25.2 Å². The molecule has 9 heteroatoms. The maximum absolute atomic E-state index is 12.2. The van der Waals surface area contributed by atoms with Gasteiger partial charge in [-0.05, 0) is 42.4 Å². The number of rotatable bonds is 11. The van der Waals surface area contributed by atoms with Gasteiger partial charge >= 0.3 is 5.97 Å². The number of Topliss-reactive ketones (excluding diaryl/α,β-unsaturated/α-hetero) is 1. The lowest BCUT2D eigenvalue weighted by molar-refractivity contribution is -0.152. The molecule has 1 aromatic heterocycles. The van der Waals surface area contributed by atoms with Crippen LogP contribution in [-0.2, 0) is 32.9 Å². The molecule has 1 aromatic carbocycles. The van der Waals surface area contributed by atoms with Crippen molar-refractivity contribution < 1.29 is 14.3 Å². The number of aromatic nitrogens is 1. The zero-order chi connectivity index (χ0) is 27.1. The molecule has 0 radical (unpaired) electrons. The first kappa shape index (κ1) is 28.2. The third-order valence-corrected chi connectivity index (χ3v) is 7.43. The standard InChI is InChI=1S/C28H33N5O3S/c1-6-22-23(13-29)27(37-16-20-11-9-19(10-12-20)8-7-18(4)34)32-26(25(22)31-5)33-14-21(15-33)36-28(35)24(30)17(2)3/h9-12,17,21,24H,6-8,14-16,30H2,1-4H3/t24-/m0/s1. The van der Waals surface area contributed by atoms with Crippen LogP contribution < -0.4 is 10.6 Å². The molecule has 1 atom stereocenters. The molecule has 2 aromatic rings. The van der Waals surface area contributed by atoms with Crippen LogP contribution in [0.25, 0.3) is 4.85 Å². The Bertz CT molecular complexity index is 1220. The summed E-state index contributed by atoms with van der Waals surface area (Å²) in [5.74, 6) is 0.873. The van der Waals surface area contributed by atoms with Gasteiger partial charge in [-0.2, -0.15) is 5.26 Å². The molecular formula is C28H33N5O3S. The molecule has 1 aliphatic rings. The molecule has 194 valence electrons. The maximum Gasteiger partial charge on any atom is 0.323 e. The molecule has 2 heterocycles. The van der Waals surface area contributed by atoms with Crippen molar-refractivity contribution in [1.82, 2.24) is 4.98 Å². The Hall–Kier alpha value is -3.40. The Morgan fingerprint density at radius 2 is 1.95 bits per heavy atom. The summed E-state index contributed by atoms with van der Waals surface area (Å²) in [5.41, 5.74) is 9.59. The predicted molar refractivity (Wildman–Crippen MR) is 145 cm³/mol. The van der Waals surface area contributed by atoms with Gasteiger partial charge in [-0.15, -0.1) is 11.8 Å². The topological polar surface area (TPSA) is 114 Å². The number of carbonyl (C=O) groups is 2. The van der Waals surface area contributed by atoms with E-state index in [0.717, 1.165) is 17.5 Å². The molecule has 1 saturated heterocycles. The van der Waals surface area contributed by atoms with Crippen LogP contribution in [0, 0.1) is 23.8 Å². The van der Waals surface area contributed by atoms with E-state index < -0.39 is 12.0 Å². The quantitative estimate of drug-likeness (QED) is 0.260. The fourth-order valence-corrected chi connectivity index (χ4v) is 4.92. The van der Waals surface area contributed by atoms with Crippen molar-refractivity contribution >= 4 is 35.0 Å². The Morgan fingerprint density at radius 3 is 2.49 bits per heavy atom. The SMILES string of the molecule is [C-]#[N+]c1c(N2CC(OC(=O)[C@@H](N)C(C)C)C2)nc(SCc2ccc(CCC(C)=O)cc2)c(C#N)c1CC. The molecule has 0 saturated carbocycles. The lowest BCUT2D eigenvalue weighted by Crippen LogP contribution is -2.55. The van der Waals surface area contributed by atoms with Crippen molar-refractivity contribution in [3.05, 3.63) is 57.9 Å². The van der Waals surface area contributed by atoms with Gasteiger partial charge in [0, 0.05) is 12.2 Å². The smallest absolute Gasteiger partial charge is 0.323 e. The number of ether oxygens (including phenoxy) is 1. The average Bonchev–Trinajstić information content (AvgIpc) is 2.86. The number of pyridine rings is 1. The highest BCUT2D eigenvalue weighted by atomic mass is 32.2. The molecule has 0 aliphatic carbocycles. The van der Waals surface area contributed by atoms with E-state index in [4.69, 9.17) is 22.0 Å². The maximum atomic E-state index is 12.2. The largest absolute Gasteiger partial charge is 0.457 e. The van der Waals surface area contributed by atoms with Gasteiger partial charge in [-0.25, -0.2) is 9.83 Å². The van der Waals surface area contributed by atoms with Crippen molar-refractivity contribution in [1.29, 1.82) is 5.26 Å². The van der Waals surface area contributed by atoms with Crippen molar-refractivity contribution in [3.8, 4) is 6.07 Å². The van der Waals surface area contributed by atoms with E-state index in [1.54, 1.807) is 6.92 Å². The average molecular weight is 520 g/mol. The Morgan fingerprint density at radius 1 is 1.30 bits per heavy atom. The molecule has 3 rings (SSSR count). The lowest BCUT2D eigenvalue weighted by atomic mass is 10.0.